The van der Waals surface area contributed by atoms with Crippen molar-refractivity contribution in [2.45, 2.75) is 39.0 Å². The second-order valence-corrected chi connectivity index (χ2v) is 4.25. The van der Waals surface area contributed by atoms with Gasteiger partial charge in [0, 0.05) is 6.54 Å². The van der Waals surface area contributed by atoms with E-state index >= 15 is 0 Å². The van der Waals surface area contributed by atoms with E-state index in [4.69, 9.17) is 5.73 Å². The molecular formula is C11H22N2O. The van der Waals surface area contributed by atoms with E-state index in [9.17, 15) is 4.79 Å². The quantitative estimate of drug-likeness (QED) is 0.678. The molecule has 1 fully saturated rings. The third-order valence-electron chi connectivity index (χ3n) is 2.99. The molecule has 0 aromatic carbocycles. The molecular weight excluding hydrogens is 176 g/mol. The first-order valence-corrected chi connectivity index (χ1v) is 5.75. The average molecular weight is 198 g/mol. The van der Waals surface area contributed by atoms with Gasteiger partial charge in [0.2, 0.25) is 5.91 Å². The van der Waals surface area contributed by atoms with Crippen molar-refractivity contribution in [1.29, 1.82) is 0 Å². The van der Waals surface area contributed by atoms with Gasteiger partial charge < -0.3 is 10.6 Å². The van der Waals surface area contributed by atoms with Gasteiger partial charge in [-0.25, -0.2) is 0 Å². The van der Waals surface area contributed by atoms with E-state index in [1.54, 1.807) is 0 Å². The summed E-state index contributed by atoms with van der Waals surface area (Å²) >= 11 is 0. The number of piperidine rings is 1. The monoisotopic (exact) mass is 198 g/mol. The molecule has 3 heteroatoms. The largest absolute Gasteiger partial charge is 0.369 e. The molecule has 3 nitrogen and oxygen atoms in total. The molecule has 1 atom stereocenters. The molecule has 82 valence electrons. The van der Waals surface area contributed by atoms with Crippen LogP contribution in [-0.4, -0.2) is 30.4 Å². The van der Waals surface area contributed by atoms with Crippen molar-refractivity contribution >= 4 is 5.91 Å². The molecule has 1 aliphatic heterocycles. The van der Waals surface area contributed by atoms with Gasteiger partial charge in [-0.3, -0.25) is 4.79 Å². The smallest absolute Gasteiger partial charge is 0.221 e. The number of carbonyl (C=O) groups excluding carboxylic acids is 1. The predicted octanol–water partition coefficient (Wildman–Crippen LogP) is 1.37. The Morgan fingerprint density at radius 3 is 2.93 bits per heavy atom. The average Bonchev–Trinajstić information content (AvgIpc) is 2.19. The minimum atomic E-state index is -0.120. The van der Waals surface area contributed by atoms with Crippen molar-refractivity contribution in [2.24, 2.45) is 11.7 Å². The topological polar surface area (TPSA) is 46.3 Å². The molecule has 0 aromatic rings. The van der Waals surface area contributed by atoms with Gasteiger partial charge in [-0.2, -0.15) is 0 Å². The summed E-state index contributed by atoms with van der Waals surface area (Å²) in [6.45, 7) is 5.38. The van der Waals surface area contributed by atoms with Crippen molar-refractivity contribution < 1.29 is 4.79 Å². The number of nitrogens with two attached hydrogens (primary N) is 1. The van der Waals surface area contributed by atoms with Crippen LogP contribution in [0.4, 0.5) is 0 Å². The van der Waals surface area contributed by atoms with Crippen molar-refractivity contribution in [3.05, 3.63) is 0 Å². The van der Waals surface area contributed by atoms with Crippen LogP contribution in [0, 0.1) is 5.92 Å². The Labute approximate surface area is 86.6 Å². The lowest BCUT2D eigenvalue weighted by Crippen LogP contribution is -2.41. The van der Waals surface area contributed by atoms with Crippen molar-refractivity contribution in [3.8, 4) is 0 Å². The summed E-state index contributed by atoms with van der Waals surface area (Å²) in [5.41, 5.74) is 5.32. The number of rotatable bonds is 5. The van der Waals surface area contributed by atoms with Crippen LogP contribution in [-0.2, 0) is 4.79 Å². The molecule has 1 saturated heterocycles. The summed E-state index contributed by atoms with van der Waals surface area (Å²) in [5, 5.41) is 0. The highest BCUT2D eigenvalue weighted by atomic mass is 16.1. The molecule has 0 aromatic heterocycles. The lowest BCUT2D eigenvalue weighted by molar-refractivity contribution is -0.123. The van der Waals surface area contributed by atoms with Crippen LogP contribution in [0.15, 0.2) is 0 Å². The zero-order valence-corrected chi connectivity index (χ0v) is 9.17. The van der Waals surface area contributed by atoms with Crippen molar-refractivity contribution in [2.75, 3.05) is 19.6 Å². The molecule has 0 spiro atoms. The number of likely N-dealkylation sites (tertiary alicyclic amines) is 1. The molecule has 0 aliphatic carbocycles. The second-order valence-electron chi connectivity index (χ2n) is 4.25. The SMILES string of the molecule is CCCCCN1CCC[C@H](C(N)=O)C1. The maximum Gasteiger partial charge on any atom is 0.221 e. The van der Waals surface area contributed by atoms with Crippen LogP contribution in [0.2, 0.25) is 0 Å². The third-order valence-corrected chi connectivity index (χ3v) is 2.99. The molecule has 1 amide bonds. The first kappa shape index (κ1) is 11.5. The fourth-order valence-electron chi connectivity index (χ4n) is 2.08. The van der Waals surface area contributed by atoms with Crippen LogP contribution in [0.5, 0.6) is 0 Å². The standard InChI is InChI=1S/C11H22N2O/c1-2-3-4-7-13-8-5-6-10(9-13)11(12)14/h10H,2-9H2,1H3,(H2,12,14)/t10-/m0/s1. The number of hydrogen-bond acceptors (Lipinski definition) is 2. The van der Waals surface area contributed by atoms with Gasteiger partial charge in [-0.05, 0) is 32.4 Å². The van der Waals surface area contributed by atoms with Gasteiger partial charge in [0.05, 0.1) is 5.92 Å². The van der Waals surface area contributed by atoms with Gasteiger partial charge in [0.15, 0.2) is 0 Å². The Morgan fingerprint density at radius 2 is 2.29 bits per heavy atom. The highest BCUT2D eigenvalue weighted by Crippen LogP contribution is 2.16. The van der Waals surface area contributed by atoms with E-state index in [-0.39, 0.29) is 11.8 Å². The number of unbranched alkanes of at least 4 members (excludes halogenated alkanes) is 2. The van der Waals surface area contributed by atoms with Crippen LogP contribution < -0.4 is 5.73 Å². The highest BCUT2D eigenvalue weighted by molar-refractivity contribution is 5.76. The van der Waals surface area contributed by atoms with Gasteiger partial charge in [0.1, 0.15) is 0 Å². The van der Waals surface area contributed by atoms with E-state index in [0.29, 0.717) is 0 Å². The summed E-state index contributed by atoms with van der Waals surface area (Å²) in [6.07, 6.45) is 5.91. The number of carbonyl (C=O) groups is 1. The Balaban J connectivity index is 2.22. The molecule has 1 rings (SSSR count). The molecule has 0 saturated carbocycles. The molecule has 2 N–H and O–H groups in total. The zero-order chi connectivity index (χ0) is 10.4. The Hall–Kier alpha value is -0.570. The van der Waals surface area contributed by atoms with Crippen LogP contribution in [0.1, 0.15) is 39.0 Å². The summed E-state index contributed by atoms with van der Waals surface area (Å²) in [5.74, 6) is -0.0180. The molecule has 0 unspecified atom stereocenters. The second kappa shape index (κ2) is 6.02. The summed E-state index contributed by atoms with van der Waals surface area (Å²) < 4.78 is 0. The fourth-order valence-corrected chi connectivity index (χ4v) is 2.08. The van der Waals surface area contributed by atoms with Crippen LogP contribution in [0.25, 0.3) is 0 Å². The predicted molar refractivity (Wildman–Crippen MR) is 57.9 cm³/mol. The first-order valence-electron chi connectivity index (χ1n) is 5.75. The van der Waals surface area contributed by atoms with E-state index in [1.165, 1.54) is 19.3 Å². The Morgan fingerprint density at radius 1 is 1.50 bits per heavy atom. The van der Waals surface area contributed by atoms with Gasteiger partial charge in [0.25, 0.3) is 0 Å². The Kier molecular flexibility index (Phi) is 4.94. The molecule has 0 bridgehead atoms. The maximum absolute atomic E-state index is 11.0. The minimum Gasteiger partial charge on any atom is -0.369 e. The first-order chi connectivity index (χ1) is 6.74. The van der Waals surface area contributed by atoms with Crippen molar-refractivity contribution in [1.82, 2.24) is 4.90 Å². The molecule has 14 heavy (non-hydrogen) atoms. The minimum absolute atomic E-state index is 0.102. The van der Waals surface area contributed by atoms with Gasteiger partial charge in [-0.15, -0.1) is 0 Å². The van der Waals surface area contributed by atoms with E-state index < -0.39 is 0 Å². The number of amides is 1. The van der Waals surface area contributed by atoms with Crippen LogP contribution >= 0.6 is 0 Å². The number of primary amides is 1. The molecule has 1 heterocycles. The van der Waals surface area contributed by atoms with Crippen LogP contribution in [0.3, 0.4) is 0 Å². The third kappa shape index (κ3) is 3.66. The normalized spacial score (nSPS) is 23.6. The number of nitrogens with zero attached hydrogens (tertiary/aromatic N) is 1. The lowest BCUT2D eigenvalue weighted by Gasteiger charge is -2.30. The summed E-state index contributed by atoms with van der Waals surface area (Å²) in [7, 11) is 0. The van der Waals surface area contributed by atoms with Gasteiger partial charge >= 0.3 is 0 Å². The van der Waals surface area contributed by atoms with E-state index in [1.807, 2.05) is 0 Å². The molecule has 0 radical (unpaired) electrons. The maximum atomic E-state index is 11.0. The number of hydrogen-bond donors (Lipinski definition) is 1. The molecule has 1 aliphatic rings. The van der Waals surface area contributed by atoms with E-state index in [2.05, 4.69) is 11.8 Å². The van der Waals surface area contributed by atoms with E-state index in [0.717, 1.165) is 32.5 Å². The lowest BCUT2D eigenvalue weighted by atomic mass is 9.97. The summed E-state index contributed by atoms with van der Waals surface area (Å²) in [4.78, 5) is 13.4. The highest BCUT2D eigenvalue weighted by Gasteiger charge is 2.23. The van der Waals surface area contributed by atoms with Crippen molar-refractivity contribution in [3.63, 3.8) is 0 Å². The fraction of sp³-hybridized carbons (Fsp3) is 0.909. The summed E-state index contributed by atoms with van der Waals surface area (Å²) in [6, 6.07) is 0. The van der Waals surface area contributed by atoms with Gasteiger partial charge in [-0.1, -0.05) is 19.8 Å². The zero-order valence-electron chi connectivity index (χ0n) is 9.17. The Bertz CT molecular complexity index is 182.